The van der Waals surface area contributed by atoms with Crippen molar-refractivity contribution in [3.63, 3.8) is 0 Å². The molecule has 34 heavy (non-hydrogen) atoms. The molecule has 5 rings (SSSR count). The summed E-state index contributed by atoms with van der Waals surface area (Å²) in [5, 5.41) is 1.01. The van der Waals surface area contributed by atoms with Crippen molar-refractivity contribution in [3.05, 3.63) is 60.6 Å². The number of hydrogen-bond donors (Lipinski definition) is 0. The number of rotatable bonds is 8. The van der Waals surface area contributed by atoms with Gasteiger partial charge in [0.2, 0.25) is 0 Å². The second kappa shape index (κ2) is 9.50. The lowest BCUT2D eigenvalue weighted by atomic mass is 10.2. The minimum absolute atomic E-state index is 0.000631. The monoisotopic (exact) mass is 460 g/mol. The van der Waals surface area contributed by atoms with Gasteiger partial charge in [-0.1, -0.05) is 18.2 Å². The number of ether oxygens (including phenoxy) is 2. The number of imidazole rings is 1. The first-order chi connectivity index (χ1) is 16.6. The van der Waals surface area contributed by atoms with E-state index in [9.17, 15) is 4.79 Å². The lowest BCUT2D eigenvalue weighted by molar-refractivity contribution is -0.134. The Morgan fingerprint density at radius 2 is 1.94 bits per heavy atom. The Bertz CT molecular complexity index is 1310. The Hall–Kier alpha value is -3.32. The molecule has 1 fully saturated rings. The summed E-state index contributed by atoms with van der Waals surface area (Å²) >= 11 is 0. The Kier molecular flexibility index (Phi) is 6.28. The standard InChI is InChI=1S/C27H32N4O3/c1-19(2)31-23-9-5-4-8-21(23)28-27(31)24-11-7-14-30(24)26(32)18-34-25-12-6-10-22-20(25)13-15-29(22)16-17-33-3/h4-6,8-10,12-13,15,19,24H,7,11,14,16-18H2,1-3H3. The quantitative estimate of drug-likeness (QED) is 0.373. The van der Waals surface area contributed by atoms with Crippen molar-refractivity contribution in [3.8, 4) is 5.75 Å². The number of para-hydroxylation sites is 2. The maximum atomic E-state index is 13.3. The smallest absolute Gasteiger partial charge is 0.261 e. The van der Waals surface area contributed by atoms with Gasteiger partial charge in [-0.25, -0.2) is 4.98 Å². The summed E-state index contributed by atoms with van der Waals surface area (Å²) in [6, 6.07) is 16.4. The van der Waals surface area contributed by atoms with E-state index in [0.29, 0.717) is 6.61 Å². The van der Waals surface area contributed by atoms with Crippen molar-refractivity contribution in [2.45, 2.75) is 45.3 Å². The molecule has 178 valence electrons. The predicted molar refractivity (Wildman–Crippen MR) is 133 cm³/mol. The molecule has 2 aromatic carbocycles. The van der Waals surface area contributed by atoms with Gasteiger partial charge >= 0.3 is 0 Å². The maximum absolute atomic E-state index is 13.3. The van der Waals surface area contributed by atoms with Gasteiger partial charge < -0.3 is 23.5 Å². The van der Waals surface area contributed by atoms with Crippen molar-refractivity contribution in [1.29, 1.82) is 0 Å². The SMILES string of the molecule is COCCn1ccc2c(OCC(=O)N3CCCC3c3nc4ccccc4n3C(C)C)cccc21. The number of fused-ring (bicyclic) bond motifs is 2. The fourth-order valence-electron chi connectivity index (χ4n) is 5.10. The highest BCUT2D eigenvalue weighted by molar-refractivity contribution is 5.87. The number of carbonyl (C=O) groups excluding carboxylic acids is 1. The van der Waals surface area contributed by atoms with Gasteiger partial charge in [-0.2, -0.15) is 0 Å². The van der Waals surface area contributed by atoms with Crippen molar-refractivity contribution in [1.82, 2.24) is 19.0 Å². The third-order valence-electron chi connectivity index (χ3n) is 6.67. The first-order valence-electron chi connectivity index (χ1n) is 12.0. The minimum Gasteiger partial charge on any atom is -0.483 e. The Morgan fingerprint density at radius 1 is 1.12 bits per heavy atom. The highest BCUT2D eigenvalue weighted by Crippen LogP contribution is 2.35. The third-order valence-corrected chi connectivity index (χ3v) is 6.67. The van der Waals surface area contributed by atoms with Gasteiger partial charge in [0.15, 0.2) is 6.61 Å². The fourth-order valence-corrected chi connectivity index (χ4v) is 5.10. The molecule has 3 heterocycles. The lowest BCUT2D eigenvalue weighted by Gasteiger charge is -2.26. The molecular formula is C27H32N4O3. The Labute approximate surface area is 199 Å². The number of benzene rings is 2. The summed E-state index contributed by atoms with van der Waals surface area (Å²) in [5.41, 5.74) is 3.17. The maximum Gasteiger partial charge on any atom is 0.261 e. The molecule has 0 N–H and O–H groups in total. The molecule has 1 aliphatic rings. The fraction of sp³-hybridized carbons (Fsp3) is 0.407. The second-order valence-electron chi connectivity index (χ2n) is 9.15. The normalized spacial score (nSPS) is 16.2. The molecule has 1 saturated heterocycles. The van der Waals surface area contributed by atoms with Crippen LogP contribution in [0.2, 0.25) is 0 Å². The van der Waals surface area contributed by atoms with Crippen LogP contribution >= 0.6 is 0 Å². The largest absolute Gasteiger partial charge is 0.483 e. The van der Waals surface area contributed by atoms with Gasteiger partial charge in [0.1, 0.15) is 11.6 Å². The number of hydrogen-bond acceptors (Lipinski definition) is 4. The van der Waals surface area contributed by atoms with Gasteiger partial charge in [-0.05, 0) is 57.0 Å². The number of nitrogens with zero attached hydrogens (tertiary/aromatic N) is 4. The van der Waals surface area contributed by atoms with E-state index in [-0.39, 0.29) is 24.6 Å². The average molecular weight is 461 g/mol. The van der Waals surface area contributed by atoms with Crippen molar-refractivity contribution in [2.24, 2.45) is 0 Å². The Morgan fingerprint density at radius 3 is 2.76 bits per heavy atom. The molecule has 0 bridgehead atoms. The molecule has 7 nitrogen and oxygen atoms in total. The van der Waals surface area contributed by atoms with Crippen LogP contribution in [0.1, 0.15) is 44.6 Å². The predicted octanol–water partition coefficient (Wildman–Crippen LogP) is 4.96. The summed E-state index contributed by atoms with van der Waals surface area (Å²) in [6.45, 7) is 6.49. The van der Waals surface area contributed by atoms with E-state index in [2.05, 4.69) is 35.1 Å². The lowest BCUT2D eigenvalue weighted by Crippen LogP contribution is -2.35. The summed E-state index contributed by atoms with van der Waals surface area (Å²) in [7, 11) is 1.70. The van der Waals surface area contributed by atoms with Crippen LogP contribution < -0.4 is 4.74 Å². The number of methoxy groups -OCH3 is 1. The van der Waals surface area contributed by atoms with Crippen LogP contribution in [0.3, 0.4) is 0 Å². The van der Waals surface area contributed by atoms with E-state index in [1.807, 2.05) is 47.5 Å². The van der Waals surface area contributed by atoms with Crippen LogP contribution in [0.5, 0.6) is 5.75 Å². The molecule has 1 aliphatic heterocycles. The highest BCUT2D eigenvalue weighted by Gasteiger charge is 2.34. The average Bonchev–Trinajstić information content (AvgIpc) is 3.57. The van der Waals surface area contributed by atoms with Gasteiger partial charge in [0, 0.05) is 37.8 Å². The topological polar surface area (TPSA) is 61.5 Å². The molecule has 1 atom stereocenters. The molecular weight excluding hydrogens is 428 g/mol. The van der Waals surface area contributed by atoms with Gasteiger partial charge in [-0.3, -0.25) is 4.79 Å². The molecule has 0 aliphatic carbocycles. The van der Waals surface area contributed by atoms with E-state index in [4.69, 9.17) is 14.5 Å². The summed E-state index contributed by atoms with van der Waals surface area (Å²) in [6.07, 6.45) is 3.92. The van der Waals surface area contributed by atoms with Crippen LogP contribution in [0, 0.1) is 0 Å². The van der Waals surface area contributed by atoms with Crippen molar-refractivity contribution in [2.75, 3.05) is 26.9 Å². The van der Waals surface area contributed by atoms with Crippen LogP contribution in [0.25, 0.3) is 21.9 Å². The molecule has 1 amide bonds. The second-order valence-corrected chi connectivity index (χ2v) is 9.15. The van der Waals surface area contributed by atoms with Crippen LogP contribution in [-0.2, 0) is 16.1 Å². The van der Waals surface area contributed by atoms with E-state index < -0.39 is 0 Å². The third kappa shape index (κ3) is 4.05. The minimum atomic E-state index is -0.0307. The molecule has 1 unspecified atom stereocenters. The molecule has 7 heteroatoms. The summed E-state index contributed by atoms with van der Waals surface area (Å²) in [5.74, 6) is 1.70. The number of amides is 1. The van der Waals surface area contributed by atoms with Crippen molar-refractivity contribution < 1.29 is 14.3 Å². The van der Waals surface area contributed by atoms with Crippen LogP contribution in [0.15, 0.2) is 54.7 Å². The highest BCUT2D eigenvalue weighted by atomic mass is 16.5. The first-order valence-corrected chi connectivity index (χ1v) is 12.0. The zero-order valence-corrected chi connectivity index (χ0v) is 20.1. The van der Waals surface area contributed by atoms with E-state index in [0.717, 1.165) is 59.4 Å². The number of carbonyl (C=O) groups is 1. The van der Waals surface area contributed by atoms with Crippen LogP contribution in [0.4, 0.5) is 0 Å². The zero-order chi connectivity index (χ0) is 23.7. The van der Waals surface area contributed by atoms with Gasteiger partial charge in [0.05, 0.1) is 29.2 Å². The Balaban J connectivity index is 1.35. The summed E-state index contributed by atoms with van der Waals surface area (Å²) < 4.78 is 15.7. The van der Waals surface area contributed by atoms with E-state index in [1.54, 1.807) is 7.11 Å². The van der Waals surface area contributed by atoms with Crippen LogP contribution in [-0.4, -0.2) is 51.8 Å². The van der Waals surface area contributed by atoms with E-state index in [1.165, 1.54) is 0 Å². The number of likely N-dealkylation sites (tertiary alicyclic amines) is 1. The molecule has 0 saturated carbocycles. The van der Waals surface area contributed by atoms with E-state index >= 15 is 0 Å². The molecule has 0 spiro atoms. The van der Waals surface area contributed by atoms with Crippen molar-refractivity contribution >= 4 is 27.8 Å². The molecule has 0 radical (unpaired) electrons. The molecule has 2 aromatic heterocycles. The van der Waals surface area contributed by atoms with Gasteiger partial charge in [-0.15, -0.1) is 0 Å². The summed E-state index contributed by atoms with van der Waals surface area (Å²) in [4.78, 5) is 20.2. The number of aromatic nitrogens is 3. The van der Waals surface area contributed by atoms with Gasteiger partial charge in [0.25, 0.3) is 5.91 Å². The first kappa shape index (κ1) is 22.5. The molecule has 4 aromatic rings. The zero-order valence-electron chi connectivity index (χ0n) is 20.1.